The van der Waals surface area contributed by atoms with Gasteiger partial charge in [-0.15, -0.1) is 11.3 Å². The van der Waals surface area contributed by atoms with Gasteiger partial charge in [-0.05, 0) is 160 Å². The predicted molar refractivity (Wildman–Crippen MR) is 267 cm³/mol. The summed E-state index contributed by atoms with van der Waals surface area (Å²) in [5.41, 5.74) is 17.3. The molecule has 306 valence electrons. The summed E-state index contributed by atoms with van der Waals surface area (Å²) < 4.78 is 2.67. The molecule has 0 atom stereocenters. The molecule has 8 aromatic carbocycles. The van der Waals surface area contributed by atoms with Crippen LogP contribution in [0.5, 0.6) is 0 Å². The molecule has 0 radical (unpaired) electrons. The van der Waals surface area contributed by atoms with Crippen LogP contribution in [0, 0.1) is 23.7 Å². The van der Waals surface area contributed by atoms with Crippen molar-refractivity contribution in [2.75, 3.05) is 4.90 Å². The maximum absolute atomic E-state index is 2.60. The SMILES string of the molecule is CC1(C)c2ccccc2C2(c3ccc(N(c4ccc(-c5ccccc5)cc4)c4ccc(-c5ccccc5-c5cccc6sc7ccccc7c56)cc4)cc31)C1CC3CC(C1)CC2C3. The van der Waals surface area contributed by atoms with Crippen molar-refractivity contribution >= 4 is 48.6 Å². The van der Waals surface area contributed by atoms with Crippen molar-refractivity contribution in [1.29, 1.82) is 0 Å². The Hall–Kier alpha value is -6.22. The molecule has 1 aromatic heterocycles. The molecule has 63 heavy (non-hydrogen) atoms. The smallest absolute Gasteiger partial charge is 0.0464 e. The number of hydrogen-bond donors (Lipinski definition) is 0. The van der Waals surface area contributed by atoms with E-state index in [-0.39, 0.29) is 10.8 Å². The average Bonchev–Trinajstić information content (AvgIpc) is 3.72. The standard InChI is InChI=1S/C61H51NS/c1-60(2)53-19-9-10-20-54(53)61(44-34-39-33-40(36-44)37-45(61)35-39)55-32-31-48(38-56(55)60)62(46-27-23-42(24-28-46)41-13-4-3-5-14-41)47-29-25-43(26-30-47)49-15-6-7-16-50(49)51-18-12-22-58-59(51)52-17-8-11-21-57(52)63-58/h3-32,38-40,44-45H,33-37H2,1-2H3. The number of benzene rings is 8. The van der Waals surface area contributed by atoms with Crippen LogP contribution < -0.4 is 4.90 Å². The van der Waals surface area contributed by atoms with Gasteiger partial charge in [-0.3, -0.25) is 0 Å². The lowest BCUT2D eigenvalue weighted by Gasteiger charge is -2.64. The van der Waals surface area contributed by atoms with Crippen molar-refractivity contribution in [1.82, 2.24) is 0 Å². The highest BCUT2D eigenvalue weighted by Gasteiger charge is 2.62. The Bertz CT molecular complexity index is 3180. The van der Waals surface area contributed by atoms with E-state index in [4.69, 9.17) is 0 Å². The van der Waals surface area contributed by atoms with Crippen molar-refractivity contribution in [3.63, 3.8) is 0 Å². The first kappa shape index (κ1) is 37.3. The topological polar surface area (TPSA) is 3.24 Å². The van der Waals surface area contributed by atoms with Crippen LogP contribution in [0.25, 0.3) is 53.6 Å². The molecule has 0 amide bonds. The van der Waals surface area contributed by atoms with Crippen molar-refractivity contribution in [3.05, 3.63) is 210 Å². The Morgan fingerprint density at radius 2 is 0.952 bits per heavy atom. The largest absolute Gasteiger partial charge is 0.310 e. The monoisotopic (exact) mass is 829 g/mol. The van der Waals surface area contributed by atoms with E-state index >= 15 is 0 Å². The Balaban J connectivity index is 0.954. The van der Waals surface area contributed by atoms with E-state index in [1.807, 2.05) is 11.3 Å². The van der Waals surface area contributed by atoms with Crippen LogP contribution in [0.15, 0.2) is 188 Å². The average molecular weight is 830 g/mol. The minimum atomic E-state index is -0.130. The second-order valence-corrected chi connectivity index (χ2v) is 20.8. The van der Waals surface area contributed by atoms with Crippen LogP contribution in [-0.2, 0) is 10.8 Å². The molecule has 9 aromatic rings. The van der Waals surface area contributed by atoms with E-state index in [9.17, 15) is 0 Å². The van der Waals surface area contributed by atoms with Crippen molar-refractivity contribution < 1.29 is 0 Å². The van der Waals surface area contributed by atoms with Gasteiger partial charge in [-0.25, -0.2) is 0 Å². The Morgan fingerprint density at radius 1 is 0.413 bits per heavy atom. The van der Waals surface area contributed by atoms with Crippen LogP contribution in [0.3, 0.4) is 0 Å². The zero-order valence-electron chi connectivity index (χ0n) is 36.1. The van der Waals surface area contributed by atoms with Crippen LogP contribution >= 0.6 is 11.3 Å². The van der Waals surface area contributed by atoms with Crippen molar-refractivity contribution in [3.8, 4) is 33.4 Å². The summed E-state index contributed by atoms with van der Waals surface area (Å²) >= 11 is 1.88. The van der Waals surface area contributed by atoms with Crippen molar-refractivity contribution in [2.45, 2.75) is 56.8 Å². The van der Waals surface area contributed by atoms with Crippen molar-refractivity contribution in [2.24, 2.45) is 23.7 Å². The van der Waals surface area contributed by atoms with Crippen LogP contribution in [0.4, 0.5) is 17.1 Å². The molecule has 0 unspecified atom stereocenters. The number of fused-ring (bicyclic) bond motifs is 5. The molecule has 0 N–H and O–H groups in total. The van der Waals surface area contributed by atoms with Gasteiger partial charge in [0.1, 0.15) is 0 Å². The second kappa shape index (κ2) is 14.1. The number of thiophene rings is 1. The Morgan fingerprint density at radius 3 is 1.68 bits per heavy atom. The van der Waals surface area contributed by atoms with Gasteiger partial charge in [0.15, 0.2) is 0 Å². The third kappa shape index (κ3) is 5.60. The molecule has 2 heteroatoms. The molecule has 4 saturated carbocycles. The third-order valence-electron chi connectivity index (χ3n) is 16.1. The first-order chi connectivity index (χ1) is 30.9. The summed E-state index contributed by atoms with van der Waals surface area (Å²) in [4.78, 5) is 2.50. The molecule has 4 fully saturated rings. The first-order valence-corrected chi connectivity index (χ1v) is 24.1. The van der Waals surface area contributed by atoms with E-state index < -0.39 is 0 Å². The van der Waals surface area contributed by atoms with Gasteiger partial charge in [-0.1, -0.05) is 153 Å². The lowest BCUT2D eigenvalue weighted by atomic mass is 9.39. The normalized spacial score (nSPS) is 22.6. The number of rotatable bonds is 6. The molecule has 1 heterocycles. The van der Waals surface area contributed by atoms with E-state index in [2.05, 4.69) is 207 Å². The second-order valence-electron chi connectivity index (χ2n) is 19.7. The molecule has 4 bridgehead atoms. The molecule has 5 aliphatic rings. The van der Waals surface area contributed by atoms with Gasteiger partial charge in [0.2, 0.25) is 0 Å². The fourth-order valence-corrected chi connectivity index (χ4v) is 14.8. The minimum Gasteiger partial charge on any atom is -0.310 e. The molecule has 0 aliphatic heterocycles. The first-order valence-electron chi connectivity index (χ1n) is 23.3. The summed E-state index contributed by atoms with van der Waals surface area (Å²) in [7, 11) is 0. The lowest BCUT2D eigenvalue weighted by Crippen LogP contribution is -2.58. The predicted octanol–water partition coefficient (Wildman–Crippen LogP) is 16.9. The van der Waals surface area contributed by atoms with E-state index in [0.717, 1.165) is 35.0 Å². The lowest BCUT2D eigenvalue weighted by molar-refractivity contribution is -0.0443. The summed E-state index contributed by atoms with van der Waals surface area (Å²) in [6.45, 7) is 4.98. The van der Waals surface area contributed by atoms with Crippen LogP contribution in [-0.4, -0.2) is 0 Å². The maximum atomic E-state index is 2.60. The number of hydrogen-bond acceptors (Lipinski definition) is 2. The van der Waals surface area contributed by atoms with Crippen LogP contribution in [0.2, 0.25) is 0 Å². The highest BCUT2D eigenvalue weighted by atomic mass is 32.1. The van der Waals surface area contributed by atoms with Gasteiger partial charge in [0.05, 0.1) is 0 Å². The van der Waals surface area contributed by atoms with Gasteiger partial charge >= 0.3 is 0 Å². The van der Waals surface area contributed by atoms with Gasteiger partial charge in [0, 0.05) is 48.1 Å². The Kier molecular flexibility index (Phi) is 8.39. The highest BCUT2D eigenvalue weighted by molar-refractivity contribution is 7.25. The number of anilines is 3. The van der Waals surface area contributed by atoms with Gasteiger partial charge < -0.3 is 4.90 Å². The quantitative estimate of drug-likeness (QED) is 0.161. The molecular weight excluding hydrogens is 779 g/mol. The molecule has 5 aliphatic carbocycles. The summed E-state index contributed by atoms with van der Waals surface area (Å²) in [5.74, 6) is 3.27. The number of nitrogens with zero attached hydrogens (tertiary/aromatic N) is 1. The van der Waals surface area contributed by atoms with Gasteiger partial charge in [-0.2, -0.15) is 0 Å². The molecule has 1 nitrogen and oxygen atoms in total. The van der Waals surface area contributed by atoms with Crippen LogP contribution in [0.1, 0.15) is 68.2 Å². The molecule has 0 saturated heterocycles. The van der Waals surface area contributed by atoms with E-state index in [1.165, 1.54) is 102 Å². The summed E-state index contributed by atoms with van der Waals surface area (Å²) in [5, 5.41) is 2.68. The summed E-state index contributed by atoms with van der Waals surface area (Å²) in [6, 6.07) is 71.2. The fraction of sp³-hybridized carbons (Fsp3) is 0.213. The van der Waals surface area contributed by atoms with E-state index in [0.29, 0.717) is 0 Å². The maximum Gasteiger partial charge on any atom is 0.0464 e. The molecular formula is C61H51NS. The fourth-order valence-electron chi connectivity index (χ4n) is 13.7. The Labute approximate surface area is 375 Å². The zero-order valence-corrected chi connectivity index (χ0v) is 36.9. The molecule has 1 spiro atoms. The highest BCUT2D eigenvalue weighted by Crippen LogP contribution is 2.69. The van der Waals surface area contributed by atoms with E-state index in [1.54, 1.807) is 11.1 Å². The zero-order chi connectivity index (χ0) is 41.9. The third-order valence-corrected chi connectivity index (χ3v) is 17.3. The minimum absolute atomic E-state index is 0.101. The molecule has 14 rings (SSSR count). The van der Waals surface area contributed by atoms with Gasteiger partial charge in [0.25, 0.3) is 0 Å². The summed E-state index contributed by atoms with van der Waals surface area (Å²) in [6.07, 6.45) is 7.01.